The van der Waals surface area contributed by atoms with Crippen molar-refractivity contribution in [3.05, 3.63) is 35.9 Å². The van der Waals surface area contributed by atoms with Crippen molar-refractivity contribution in [2.75, 3.05) is 7.05 Å². The van der Waals surface area contributed by atoms with E-state index in [4.69, 9.17) is 5.11 Å². The molecule has 90 valence electrons. The molecule has 5 N–H and O–H groups in total. The van der Waals surface area contributed by atoms with Crippen molar-refractivity contribution in [1.29, 1.82) is 0 Å². The summed E-state index contributed by atoms with van der Waals surface area (Å²) < 4.78 is 0. The highest BCUT2D eigenvalue weighted by Crippen LogP contribution is 2.34. The highest BCUT2D eigenvalue weighted by molar-refractivity contribution is 6.02. The van der Waals surface area contributed by atoms with Gasteiger partial charge in [0, 0.05) is 10.8 Å². The van der Waals surface area contributed by atoms with Crippen LogP contribution in [0.3, 0.4) is 0 Å². The number of carbonyl (C=O) groups is 1. The second-order valence-corrected chi connectivity index (χ2v) is 3.14. The minimum Gasteiger partial charge on any atom is -0.507 e. The molecule has 0 fully saturated rings. The first-order valence-electron chi connectivity index (χ1n) is 4.86. The number of aromatic hydroxyl groups is 2. The van der Waals surface area contributed by atoms with Crippen LogP contribution in [0, 0.1) is 0 Å². The quantitative estimate of drug-likeness (QED) is 0.561. The molecule has 5 heteroatoms. The molecule has 0 aliphatic rings. The average Bonchev–Trinajstić information content (AvgIpc) is 2.36. The van der Waals surface area contributed by atoms with Gasteiger partial charge in [-0.15, -0.1) is 0 Å². The number of carboxylic acids is 1. The second kappa shape index (κ2) is 5.18. The van der Waals surface area contributed by atoms with E-state index >= 15 is 0 Å². The molecule has 0 saturated carbocycles. The average molecular weight is 235 g/mol. The lowest BCUT2D eigenvalue weighted by atomic mass is 10.0. The van der Waals surface area contributed by atoms with E-state index < -0.39 is 5.97 Å². The molecule has 0 aliphatic heterocycles. The maximum absolute atomic E-state index is 10.7. The van der Waals surface area contributed by atoms with Crippen LogP contribution in [0.15, 0.2) is 30.3 Å². The summed E-state index contributed by atoms with van der Waals surface area (Å²) in [6, 6.07) is 7.56. The summed E-state index contributed by atoms with van der Waals surface area (Å²) in [7, 11) is 1.50. The lowest BCUT2D eigenvalue weighted by Crippen LogP contribution is -1.97. The third kappa shape index (κ3) is 2.29. The molecular formula is C12H13NO4. The van der Waals surface area contributed by atoms with E-state index in [-0.39, 0.29) is 17.1 Å². The van der Waals surface area contributed by atoms with Crippen LogP contribution in [-0.2, 0) is 0 Å². The monoisotopic (exact) mass is 235 g/mol. The van der Waals surface area contributed by atoms with Gasteiger partial charge in [0.2, 0.25) is 0 Å². The predicted octanol–water partition coefficient (Wildman–Crippen LogP) is 1.52. The number of carboxylic acid groups (broad SMARTS) is 1. The standard InChI is InChI=1S/C11H8O4.CH5N/c12-9-5-8(11(14)15)10(13)7-4-2-1-3-6(7)9;1-2/h1-5,12-13H,(H,14,15);2H2,1H3. The topological polar surface area (TPSA) is 104 Å². The van der Waals surface area contributed by atoms with Crippen LogP contribution in [-0.4, -0.2) is 28.3 Å². The van der Waals surface area contributed by atoms with E-state index in [1.54, 1.807) is 24.3 Å². The molecule has 0 amide bonds. The molecule has 0 unspecified atom stereocenters. The zero-order valence-corrected chi connectivity index (χ0v) is 9.21. The first-order valence-corrected chi connectivity index (χ1v) is 4.86. The highest BCUT2D eigenvalue weighted by atomic mass is 16.4. The third-order valence-corrected chi connectivity index (χ3v) is 2.22. The lowest BCUT2D eigenvalue weighted by molar-refractivity contribution is 0.0693. The largest absolute Gasteiger partial charge is 0.507 e. The Morgan fingerprint density at radius 1 is 1.12 bits per heavy atom. The second-order valence-electron chi connectivity index (χ2n) is 3.14. The van der Waals surface area contributed by atoms with Crippen molar-refractivity contribution >= 4 is 16.7 Å². The van der Waals surface area contributed by atoms with Crippen LogP contribution < -0.4 is 5.73 Å². The van der Waals surface area contributed by atoms with Gasteiger partial charge in [0.05, 0.1) is 0 Å². The van der Waals surface area contributed by atoms with Gasteiger partial charge in [-0.2, -0.15) is 0 Å². The van der Waals surface area contributed by atoms with E-state index in [1.165, 1.54) is 7.05 Å². The zero-order chi connectivity index (χ0) is 13.0. The summed E-state index contributed by atoms with van der Waals surface area (Å²) in [5.41, 5.74) is 4.20. The molecule has 0 heterocycles. The van der Waals surface area contributed by atoms with Crippen molar-refractivity contribution in [1.82, 2.24) is 0 Å². The summed E-state index contributed by atoms with van der Waals surface area (Å²) in [5.74, 6) is -1.75. The number of phenols is 2. The van der Waals surface area contributed by atoms with Crippen LogP contribution in [0.5, 0.6) is 11.5 Å². The molecule has 0 saturated heterocycles. The van der Waals surface area contributed by atoms with Gasteiger partial charge in [0.15, 0.2) is 0 Å². The molecular weight excluding hydrogens is 222 g/mol. The van der Waals surface area contributed by atoms with Gasteiger partial charge in [0.1, 0.15) is 17.1 Å². The first kappa shape index (κ1) is 12.8. The molecule has 0 atom stereocenters. The summed E-state index contributed by atoms with van der Waals surface area (Å²) in [4.78, 5) is 10.7. The van der Waals surface area contributed by atoms with Crippen LogP contribution in [0.1, 0.15) is 10.4 Å². The number of aromatic carboxylic acids is 1. The fraction of sp³-hybridized carbons (Fsp3) is 0.0833. The first-order chi connectivity index (χ1) is 8.11. The predicted molar refractivity (Wildman–Crippen MR) is 64.3 cm³/mol. The summed E-state index contributed by atoms with van der Waals surface area (Å²) in [6.45, 7) is 0. The Kier molecular flexibility index (Phi) is 3.90. The molecule has 0 aliphatic carbocycles. The number of phenolic OH excluding ortho intramolecular Hbond substituents is 1. The molecule has 0 radical (unpaired) electrons. The maximum Gasteiger partial charge on any atom is 0.339 e. The van der Waals surface area contributed by atoms with Crippen molar-refractivity contribution in [2.24, 2.45) is 5.73 Å². The lowest BCUT2D eigenvalue weighted by Gasteiger charge is -2.06. The van der Waals surface area contributed by atoms with Crippen LogP contribution in [0.4, 0.5) is 0 Å². The summed E-state index contributed by atoms with van der Waals surface area (Å²) in [6.07, 6.45) is 0. The van der Waals surface area contributed by atoms with Crippen molar-refractivity contribution < 1.29 is 20.1 Å². The van der Waals surface area contributed by atoms with Gasteiger partial charge in [-0.25, -0.2) is 4.79 Å². The van der Waals surface area contributed by atoms with Crippen LogP contribution in [0.2, 0.25) is 0 Å². The Morgan fingerprint density at radius 3 is 2.18 bits per heavy atom. The highest BCUT2D eigenvalue weighted by Gasteiger charge is 2.15. The molecule has 0 bridgehead atoms. The minimum atomic E-state index is -1.27. The zero-order valence-electron chi connectivity index (χ0n) is 9.21. The minimum absolute atomic E-state index is 0.152. The van der Waals surface area contributed by atoms with E-state index in [9.17, 15) is 15.0 Å². The maximum atomic E-state index is 10.7. The molecule has 2 rings (SSSR count). The Hall–Kier alpha value is -2.27. The molecule has 2 aromatic rings. The number of rotatable bonds is 1. The Bertz CT molecular complexity index is 551. The number of hydrogen-bond donors (Lipinski definition) is 4. The Labute approximate surface area is 97.7 Å². The van der Waals surface area contributed by atoms with Crippen LogP contribution in [0.25, 0.3) is 10.8 Å². The number of benzene rings is 2. The van der Waals surface area contributed by atoms with Gasteiger partial charge in [-0.3, -0.25) is 0 Å². The Morgan fingerprint density at radius 2 is 1.65 bits per heavy atom. The summed E-state index contributed by atoms with van der Waals surface area (Å²) >= 11 is 0. The fourth-order valence-corrected chi connectivity index (χ4v) is 1.50. The fourth-order valence-electron chi connectivity index (χ4n) is 1.50. The SMILES string of the molecule is CN.O=C(O)c1cc(O)c2ccccc2c1O. The van der Waals surface area contributed by atoms with E-state index in [0.717, 1.165) is 6.07 Å². The van der Waals surface area contributed by atoms with Gasteiger partial charge in [-0.1, -0.05) is 24.3 Å². The number of nitrogens with two attached hydrogens (primary N) is 1. The van der Waals surface area contributed by atoms with E-state index in [2.05, 4.69) is 5.73 Å². The molecule has 17 heavy (non-hydrogen) atoms. The van der Waals surface area contributed by atoms with Crippen LogP contribution >= 0.6 is 0 Å². The normalized spacial score (nSPS) is 9.53. The molecule has 0 spiro atoms. The molecule has 0 aromatic heterocycles. The molecule has 5 nitrogen and oxygen atoms in total. The smallest absolute Gasteiger partial charge is 0.339 e. The van der Waals surface area contributed by atoms with Crippen molar-refractivity contribution in [3.63, 3.8) is 0 Å². The number of fused-ring (bicyclic) bond motifs is 1. The third-order valence-electron chi connectivity index (χ3n) is 2.22. The van der Waals surface area contributed by atoms with Crippen molar-refractivity contribution in [3.8, 4) is 11.5 Å². The van der Waals surface area contributed by atoms with Gasteiger partial charge >= 0.3 is 5.97 Å². The summed E-state index contributed by atoms with van der Waals surface area (Å²) in [5, 5.41) is 28.7. The van der Waals surface area contributed by atoms with Gasteiger partial charge in [0.25, 0.3) is 0 Å². The van der Waals surface area contributed by atoms with Gasteiger partial charge in [-0.05, 0) is 13.1 Å². The van der Waals surface area contributed by atoms with Gasteiger partial charge < -0.3 is 21.1 Å². The van der Waals surface area contributed by atoms with E-state index in [0.29, 0.717) is 10.8 Å². The van der Waals surface area contributed by atoms with E-state index in [1.807, 2.05) is 0 Å². The van der Waals surface area contributed by atoms with Crippen molar-refractivity contribution in [2.45, 2.75) is 0 Å². The Balaban J connectivity index is 0.000000686. The molecule has 2 aromatic carbocycles. The number of hydrogen-bond acceptors (Lipinski definition) is 4.